The molecule has 0 unspecified atom stereocenters. The second-order valence-corrected chi connectivity index (χ2v) is 22.4. The molecule has 4 nitrogen and oxygen atoms in total. The zero-order chi connectivity index (χ0) is 44.1. The highest BCUT2D eigenvalue weighted by molar-refractivity contribution is 6.94. The van der Waals surface area contributed by atoms with Gasteiger partial charge in [-0.25, -0.2) is 0 Å². The van der Waals surface area contributed by atoms with E-state index in [0.717, 1.165) is 34.2 Å². The Hall–Kier alpha value is -6.20. The van der Waals surface area contributed by atoms with Crippen molar-refractivity contribution in [2.24, 2.45) is 0 Å². The van der Waals surface area contributed by atoms with E-state index in [1.165, 1.54) is 77.5 Å². The molecule has 8 aromatic rings. The molecule has 0 atom stereocenters. The lowest BCUT2D eigenvalue weighted by atomic mass is 9.43. The van der Waals surface area contributed by atoms with Crippen LogP contribution < -0.4 is 25.4 Å². The van der Waals surface area contributed by atoms with Crippen LogP contribution in [0.3, 0.4) is 0 Å². The molecule has 4 heterocycles. The Labute approximate surface area is 374 Å². The van der Waals surface area contributed by atoms with Gasteiger partial charge in [0.25, 0.3) is 0 Å². The van der Waals surface area contributed by atoms with E-state index in [9.17, 15) is 0 Å². The molecule has 314 valence electrons. The quantitative estimate of drug-likeness (QED) is 0.162. The number of fused-ring (bicyclic) bond motifs is 9. The lowest BCUT2D eigenvalue weighted by molar-refractivity contribution is 0.470. The summed E-state index contributed by atoms with van der Waals surface area (Å²) in [4.78, 5) is 5.23. The Morgan fingerprint density at radius 3 is 1.71 bits per heavy atom. The van der Waals surface area contributed by atoms with Gasteiger partial charge in [0.1, 0.15) is 5.75 Å². The maximum atomic E-state index is 7.20. The molecule has 63 heavy (non-hydrogen) atoms. The molecule has 0 aliphatic carbocycles. The van der Waals surface area contributed by atoms with Crippen molar-refractivity contribution < 1.29 is 4.74 Å². The fourth-order valence-electron chi connectivity index (χ4n) is 10.3. The van der Waals surface area contributed by atoms with Gasteiger partial charge in [-0.2, -0.15) is 0 Å². The highest BCUT2D eigenvalue weighted by Gasteiger charge is 2.49. The lowest BCUT2D eigenvalue weighted by Gasteiger charge is -2.48. The molecule has 0 spiro atoms. The SMILES string of the molecule is CC(C)(C)c1ccc(N2c3cc4c5ccccc5n(-c5ccccc5)c4cc3B3c4c(cc(C(C)(C)C)cc42)-c2cc(C(C)(C)C)cc4c2N3c2ccc(C(C)(C)C)cc2O4)cc1. The van der Waals surface area contributed by atoms with Crippen molar-refractivity contribution in [1.82, 2.24) is 4.57 Å². The van der Waals surface area contributed by atoms with E-state index in [0.29, 0.717) is 0 Å². The van der Waals surface area contributed by atoms with E-state index in [4.69, 9.17) is 4.74 Å². The summed E-state index contributed by atoms with van der Waals surface area (Å²) in [7, 11) is 0. The Morgan fingerprint density at radius 1 is 0.429 bits per heavy atom. The van der Waals surface area contributed by atoms with Crippen molar-refractivity contribution >= 4 is 68.0 Å². The monoisotopic (exact) mass is 823 g/mol. The predicted octanol–water partition coefficient (Wildman–Crippen LogP) is 14.8. The van der Waals surface area contributed by atoms with Gasteiger partial charge < -0.3 is 19.0 Å². The number of hydrogen-bond acceptors (Lipinski definition) is 3. The van der Waals surface area contributed by atoms with E-state index in [1.54, 1.807) is 0 Å². The Morgan fingerprint density at radius 2 is 1.03 bits per heavy atom. The van der Waals surface area contributed by atoms with Crippen LogP contribution in [0, 0.1) is 0 Å². The number of hydrogen-bond donors (Lipinski definition) is 0. The zero-order valence-electron chi connectivity index (χ0n) is 39.0. The minimum Gasteiger partial charge on any atom is -0.453 e. The molecular weight excluding hydrogens is 765 g/mol. The van der Waals surface area contributed by atoms with Gasteiger partial charge in [0, 0.05) is 39.1 Å². The van der Waals surface area contributed by atoms with Crippen LogP contribution in [0.15, 0.2) is 133 Å². The van der Waals surface area contributed by atoms with E-state index >= 15 is 0 Å². The maximum absolute atomic E-state index is 7.20. The average molecular weight is 824 g/mol. The zero-order valence-corrected chi connectivity index (χ0v) is 39.0. The van der Waals surface area contributed by atoms with Crippen molar-refractivity contribution in [2.45, 2.75) is 105 Å². The first kappa shape index (κ1) is 39.6. The first-order valence-electron chi connectivity index (χ1n) is 22.8. The van der Waals surface area contributed by atoms with Crippen LogP contribution in [0.2, 0.25) is 0 Å². The molecule has 0 N–H and O–H groups in total. The molecule has 7 aromatic carbocycles. The summed E-state index contributed by atoms with van der Waals surface area (Å²) in [6, 6.07) is 50.9. The molecule has 3 aliphatic heterocycles. The van der Waals surface area contributed by atoms with Gasteiger partial charge in [0.2, 0.25) is 0 Å². The molecule has 5 heteroatoms. The van der Waals surface area contributed by atoms with Gasteiger partial charge in [0.05, 0.1) is 22.4 Å². The topological polar surface area (TPSA) is 20.6 Å². The Kier molecular flexibility index (Phi) is 8.29. The summed E-state index contributed by atoms with van der Waals surface area (Å²) in [5, 5.41) is 2.48. The molecule has 0 bridgehead atoms. The van der Waals surface area contributed by atoms with Crippen molar-refractivity contribution in [3.63, 3.8) is 0 Å². The van der Waals surface area contributed by atoms with Gasteiger partial charge in [0.15, 0.2) is 5.75 Å². The van der Waals surface area contributed by atoms with Crippen molar-refractivity contribution in [3.8, 4) is 28.3 Å². The summed E-state index contributed by atoms with van der Waals surface area (Å²) < 4.78 is 9.66. The molecule has 0 saturated heterocycles. The van der Waals surface area contributed by atoms with Crippen LogP contribution in [-0.4, -0.2) is 11.4 Å². The maximum Gasteiger partial charge on any atom is 0.333 e. The van der Waals surface area contributed by atoms with Crippen LogP contribution in [0.25, 0.3) is 38.6 Å². The highest BCUT2D eigenvalue weighted by Crippen LogP contribution is 2.57. The molecule has 11 rings (SSSR count). The highest BCUT2D eigenvalue weighted by atomic mass is 16.5. The number of benzene rings is 7. The summed E-state index contributed by atoms with van der Waals surface area (Å²) in [5.74, 6) is 1.83. The molecule has 3 aliphatic rings. The Bertz CT molecular complexity index is 3180. The molecule has 0 amide bonds. The number of rotatable bonds is 2. The number of ether oxygens (including phenoxy) is 1. The minimum absolute atomic E-state index is 0.0307. The van der Waals surface area contributed by atoms with E-state index in [1.807, 2.05) is 0 Å². The Balaban J connectivity index is 1.31. The second-order valence-electron chi connectivity index (χ2n) is 22.4. The minimum atomic E-state index is -0.148. The summed E-state index contributed by atoms with van der Waals surface area (Å²) >= 11 is 0. The van der Waals surface area contributed by atoms with Crippen LogP contribution in [0.1, 0.15) is 105 Å². The van der Waals surface area contributed by atoms with Gasteiger partial charge in [-0.3, -0.25) is 0 Å². The third-order valence-corrected chi connectivity index (χ3v) is 13.9. The lowest BCUT2D eigenvalue weighted by Crippen LogP contribution is -2.62. The molecular formula is C58H58BN3O. The summed E-state index contributed by atoms with van der Waals surface area (Å²) in [6.07, 6.45) is 0. The standard InChI is InChI=1S/C58H58BN3O/c1-55(2,3)35-22-25-40(26-23-35)61-49-33-42-41-20-16-17-21-46(41)60(39-18-14-13-15-19-39)48(42)34-45(49)59-53-43(28-37(30-50(53)61)57(7,8)9)44-29-38(58(10,11)12)32-52-54(44)62(59)47-27-24-36(56(4,5)6)31-51(47)63-52/h13-34H,1-12H3. The smallest absolute Gasteiger partial charge is 0.333 e. The van der Waals surface area contributed by atoms with Crippen molar-refractivity contribution in [2.75, 3.05) is 9.71 Å². The summed E-state index contributed by atoms with van der Waals surface area (Å²) in [5.41, 5.74) is 19.4. The van der Waals surface area contributed by atoms with Crippen LogP contribution in [0.4, 0.5) is 28.4 Å². The number of nitrogens with zero attached hydrogens (tertiary/aromatic N) is 3. The molecule has 1 aromatic heterocycles. The predicted molar refractivity (Wildman–Crippen MR) is 269 cm³/mol. The molecule has 0 fully saturated rings. The van der Waals surface area contributed by atoms with Crippen molar-refractivity contribution in [1.29, 1.82) is 0 Å². The van der Waals surface area contributed by atoms with Gasteiger partial charge in [-0.05, 0) is 133 Å². The van der Waals surface area contributed by atoms with Crippen molar-refractivity contribution in [3.05, 3.63) is 156 Å². The van der Waals surface area contributed by atoms with E-state index < -0.39 is 0 Å². The van der Waals surface area contributed by atoms with Crippen LogP contribution >= 0.6 is 0 Å². The molecule has 0 radical (unpaired) electrons. The second kappa shape index (κ2) is 13.2. The average Bonchev–Trinajstić information content (AvgIpc) is 3.55. The van der Waals surface area contributed by atoms with Gasteiger partial charge in [-0.15, -0.1) is 0 Å². The molecule has 0 saturated carbocycles. The fourth-order valence-corrected chi connectivity index (χ4v) is 10.3. The van der Waals surface area contributed by atoms with E-state index in [-0.39, 0.29) is 28.5 Å². The number of aromatic nitrogens is 1. The normalized spacial score (nSPS) is 14.4. The van der Waals surface area contributed by atoms with E-state index in [2.05, 4.69) is 231 Å². The van der Waals surface area contributed by atoms with Gasteiger partial charge >= 0.3 is 6.85 Å². The first-order valence-corrected chi connectivity index (χ1v) is 22.8. The fraction of sp³-hybridized carbons (Fsp3) is 0.276. The number of para-hydroxylation sites is 2. The number of anilines is 5. The first-order chi connectivity index (χ1) is 29.8. The summed E-state index contributed by atoms with van der Waals surface area (Å²) in [6.45, 7) is 27.6. The largest absolute Gasteiger partial charge is 0.453 e. The van der Waals surface area contributed by atoms with Gasteiger partial charge in [-0.1, -0.05) is 144 Å². The third-order valence-electron chi connectivity index (χ3n) is 13.9. The van der Waals surface area contributed by atoms with Crippen LogP contribution in [0.5, 0.6) is 11.5 Å². The van der Waals surface area contributed by atoms with Crippen LogP contribution in [-0.2, 0) is 21.7 Å². The third kappa shape index (κ3) is 6.02.